The molecule has 1 aromatic carbocycles. The number of thioether (sulfide) groups is 1. The van der Waals surface area contributed by atoms with Gasteiger partial charge in [0.05, 0.1) is 11.8 Å². The normalized spacial score (nSPS) is 9.40. The molecule has 78 valence electrons. The second-order valence-corrected chi connectivity index (χ2v) is 3.94. The third-order valence-corrected chi connectivity index (χ3v) is 2.30. The summed E-state index contributed by atoms with van der Waals surface area (Å²) in [6.45, 7) is 4.77. The number of carbonyl (C=O) groups excluding carboxylic acids is 2. The molecule has 1 aromatic rings. The molecule has 0 N–H and O–H groups in total. The van der Waals surface area contributed by atoms with Crippen molar-refractivity contribution in [2.45, 2.75) is 11.8 Å². The lowest BCUT2D eigenvalue weighted by atomic mass is 10.2. The van der Waals surface area contributed by atoms with E-state index in [9.17, 15) is 9.59 Å². The van der Waals surface area contributed by atoms with Crippen molar-refractivity contribution in [2.24, 2.45) is 0 Å². The summed E-state index contributed by atoms with van der Waals surface area (Å²) >= 11 is 1.08. The Morgan fingerprint density at radius 3 is 2.80 bits per heavy atom. The highest BCUT2D eigenvalue weighted by atomic mass is 32.2. The van der Waals surface area contributed by atoms with Gasteiger partial charge in [0.15, 0.2) is 5.12 Å². The van der Waals surface area contributed by atoms with Gasteiger partial charge in [-0.15, -0.1) is 0 Å². The molecule has 0 unspecified atom stereocenters. The Morgan fingerprint density at radius 2 is 2.20 bits per heavy atom. The summed E-state index contributed by atoms with van der Waals surface area (Å²) in [5, 5.41) is -0.0239. The van der Waals surface area contributed by atoms with Crippen LogP contribution in [-0.2, 0) is 9.53 Å². The van der Waals surface area contributed by atoms with Crippen molar-refractivity contribution in [3.63, 3.8) is 0 Å². The van der Waals surface area contributed by atoms with Crippen LogP contribution in [-0.4, -0.2) is 11.1 Å². The highest BCUT2D eigenvalue weighted by molar-refractivity contribution is 8.13. The van der Waals surface area contributed by atoms with E-state index < -0.39 is 5.97 Å². The van der Waals surface area contributed by atoms with Crippen LogP contribution in [0.5, 0.6) is 0 Å². The van der Waals surface area contributed by atoms with Crippen molar-refractivity contribution in [2.75, 3.05) is 0 Å². The van der Waals surface area contributed by atoms with Crippen molar-refractivity contribution in [1.29, 1.82) is 0 Å². The van der Waals surface area contributed by atoms with E-state index in [1.807, 2.05) is 0 Å². The minimum absolute atomic E-state index is 0.0239. The van der Waals surface area contributed by atoms with E-state index in [0.29, 0.717) is 5.56 Å². The summed E-state index contributed by atoms with van der Waals surface area (Å²) in [7, 11) is 0. The lowest BCUT2D eigenvalue weighted by Gasteiger charge is -2.01. The monoisotopic (exact) mass is 222 g/mol. The SMILES string of the molecule is C=COC(=O)c1cccc(SC(C)=O)c1. The molecule has 0 aliphatic carbocycles. The first-order valence-electron chi connectivity index (χ1n) is 4.24. The van der Waals surface area contributed by atoms with Gasteiger partial charge in [-0.1, -0.05) is 24.4 Å². The van der Waals surface area contributed by atoms with Crippen LogP contribution in [0.2, 0.25) is 0 Å². The molecule has 0 aromatic heterocycles. The van der Waals surface area contributed by atoms with Crippen LogP contribution in [0.1, 0.15) is 17.3 Å². The number of carbonyl (C=O) groups is 2. The van der Waals surface area contributed by atoms with Crippen LogP contribution >= 0.6 is 11.8 Å². The smallest absolute Gasteiger partial charge is 0.342 e. The zero-order valence-electron chi connectivity index (χ0n) is 8.23. The topological polar surface area (TPSA) is 43.4 Å². The van der Waals surface area contributed by atoms with Gasteiger partial charge in [0, 0.05) is 11.8 Å². The fourth-order valence-electron chi connectivity index (χ4n) is 0.996. The third kappa shape index (κ3) is 3.59. The molecule has 0 saturated heterocycles. The van der Waals surface area contributed by atoms with Gasteiger partial charge in [0.1, 0.15) is 0 Å². The summed E-state index contributed by atoms with van der Waals surface area (Å²) in [6.07, 6.45) is 1.08. The zero-order valence-corrected chi connectivity index (χ0v) is 9.04. The van der Waals surface area contributed by atoms with Gasteiger partial charge in [-0.25, -0.2) is 4.79 Å². The predicted octanol–water partition coefficient (Wildman–Crippen LogP) is 2.63. The lowest BCUT2D eigenvalue weighted by molar-refractivity contribution is -0.109. The Balaban J connectivity index is 2.86. The maximum absolute atomic E-state index is 11.3. The van der Waals surface area contributed by atoms with Crippen molar-refractivity contribution >= 4 is 22.8 Å². The van der Waals surface area contributed by atoms with Gasteiger partial charge < -0.3 is 4.74 Å². The maximum Gasteiger partial charge on any atom is 0.342 e. The second-order valence-electron chi connectivity index (χ2n) is 2.69. The molecule has 0 spiro atoms. The quantitative estimate of drug-likeness (QED) is 0.448. The van der Waals surface area contributed by atoms with E-state index in [1.165, 1.54) is 6.92 Å². The van der Waals surface area contributed by atoms with Crippen molar-refractivity contribution in [1.82, 2.24) is 0 Å². The molecule has 0 radical (unpaired) electrons. The highest BCUT2D eigenvalue weighted by Crippen LogP contribution is 2.20. The van der Waals surface area contributed by atoms with E-state index in [0.717, 1.165) is 22.9 Å². The zero-order chi connectivity index (χ0) is 11.3. The first-order chi connectivity index (χ1) is 7.13. The molecule has 0 aliphatic heterocycles. The van der Waals surface area contributed by atoms with Gasteiger partial charge >= 0.3 is 5.97 Å². The van der Waals surface area contributed by atoms with Crippen LogP contribution in [0.3, 0.4) is 0 Å². The van der Waals surface area contributed by atoms with E-state index in [1.54, 1.807) is 24.3 Å². The maximum atomic E-state index is 11.3. The van der Waals surface area contributed by atoms with Gasteiger partial charge in [-0.3, -0.25) is 4.79 Å². The van der Waals surface area contributed by atoms with Crippen LogP contribution in [0, 0.1) is 0 Å². The van der Waals surface area contributed by atoms with E-state index in [2.05, 4.69) is 11.3 Å². The molecule has 0 heterocycles. The van der Waals surface area contributed by atoms with E-state index >= 15 is 0 Å². The molecule has 0 atom stereocenters. The number of hydrogen-bond acceptors (Lipinski definition) is 4. The second kappa shape index (κ2) is 5.36. The summed E-state index contributed by atoms with van der Waals surface area (Å²) in [5.41, 5.74) is 0.404. The number of esters is 1. The molecule has 3 nitrogen and oxygen atoms in total. The van der Waals surface area contributed by atoms with Crippen molar-refractivity contribution in [3.05, 3.63) is 42.7 Å². The fraction of sp³-hybridized carbons (Fsp3) is 0.0909. The third-order valence-electron chi connectivity index (χ3n) is 1.52. The van der Waals surface area contributed by atoms with Gasteiger partial charge in [0.25, 0.3) is 0 Å². The largest absolute Gasteiger partial charge is 0.432 e. The fourth-order valence-corrected chi connectivity index (χ4v) is 1.66. The van der Waals surface area contributed by atoms with Crippen LogP contribution in [0.25, 0.3) is 0 Å². The van der Waals surface area contributed by atoms with E-state index in [-0.39, 0.29) is 5.12 Å². The standard InChI is InChI=1S/C11H10O3S/c1-3-14-11(13)9-5-4-6-10(7-9)15-8(2)12/h3-7H,1H2,2H3. The summed E-state index contributed by atoms with van der Waals surface area (Å²) in [6, 6.07) is 6.69. The first kappa shape index (κ1) is 11.5. The Morgan fingerprint density at radius 1 is 1.47 bits per heavy atom. The molecular weight excluding hydrogens is 212 g/mol. The molecule has 0 bridgehead atoms. The average Bonchev–Trinajstić information content (AvgIpc) is 2.17. The minimum Gasteiger partial charge on any atom is -0.432 e. The molecule has 1 rings (SSSR count). The molecule has 0 aliphatic rings. The molecule has 4 heteroatoms. The van der Waals surface area contributed by atoms with Crippen molar-refractivity contribution in [3.8, 4) is 0 Å². The van der Waals surface area contributed by atoms with E-state index in [4.69, 9.17) is 0 Å². The van der Waals surface area contributed by atoms with Crippen molar-refractivity contribution < 1.29 is 14.3 Å². The molecule has 15 heavy (non-hydrogen) atoms. The Hall–Kier alpha value is -1.55. The molecular formula is C11H10O3S. The highest BCUT2D eigenvalue weighted by Gasteiger charge is 2.07. The average molecular weight is 222 g/mol. The number of hydrogen-bond donors (Lipinski definition) is 0. The number of rotatable bonds is 3. The molecule has 0 fully saturated rings. The Labute approximate surface area is 92.1 Å². The van der Waals surface area contributed by atoms with Crippen LogP contribution < -0.4 is 0 Å². The van der Waals surface area contributed by atoms with Gasteiger partial charge in [-0.2, -0.15) is 0 Å². The van der Waals surface area contributed by atoms with Gasteiger partial charge in [-0.05, 0) is 18.2 Å². The van der Waals surface area contributed by atoms with Crippen LogP contribution in [0.4, 0.5) is 0 Å². The van der Waals surface area contributed by atoms with Crippen LogP contribution in [0.15, 0.2) is 42.0 Å². The Kier molecular flexibility index (Phi) is 4.12. The Bertz CT molecular complexity index is 399. The predicted molar refractivity (Wildman–Crippen MR) is 58.6 cm³/mol. The van der Waals surface area contributed by atoms with Gasteiger partial charge in [0.2, 0.25) is 0 Å². The summed E-state index contributed by atoms with van der Waals surface area (Å²) < 4.78 is 4.62. The summed E-state index contributed by atoms with van der Waals surface area (Å²) in [4.78, 5) is 22.9. The summed E-state index contributed by atoms with van der Waals surface area (Å²) in [5.74, 6) is -0.476. The number of benzene rings is 1. The first-order valence-corrected chi connectivity index (χ1v) is 5.05. The minimum atomic E-state index is -0.476. The molecule has 0 saturated carbocycles. The molecule has 0 amide bonds. The number of ether oxygens (including phenoxy) is 1. The lowest BCUT2D eigenvalue weighted by Crippen LogP contribution is -2.00.